The van der Waals surface area contributed by atoms with Crippen LogP contribution in [0.1, 0.15) is 67.7 Å². The number of nitrogens with one attached hydrogen (secondary N) is 1. The van der Waals surface area contributed by atoms with Crippen molar-refractivity contribution >= 4 is 5.91 Å². The predicted octanol–water partition coefficient (Wildman–Crippen LogP) is 3.10. The standard InChI is InChI=1S/C15H25N3O/c1-10(2)14-13(12(4)16-17-14)15(19)18-8-5-6-11(3)7-9-18/h10-11H,5-9H2,1-4H3,(H,16,17). The lowest BCUT2D eigenvalue weighted by Gasteiger charge is -2.21. The Labute approximate surface area is 115 Å². The lowest BCUT2D eigenvalue weighted by atomic mass is 10.0. The van der Waals surface area contributed by atoms with Crippen LogP contribution in [0.15, 0.2) is 0 Å². The fourth-order valence-corrected chi connectivity index (χ4v) is 2.76. The van der Waals surface area contributed by atoms with Gasteiger partial charge in [-0.3, -0.25) is 9.89 Å². The number of rotatable bonds is 2. The van der Waals surface area contributed by atoms with Gasteiger partial charge in [0.25, 0.3) is 5.91 Å². The van der Waals surface area contributed by atoms with Crippen molar-refractivity contribution < 1.29 is 4.79 Å². The number of H-pyrrole nitrogens is 1. The minimum atomic E-state index is 0.157. The quantitative estimate of drug-likeness (QED) is 0.891. The van der Waals surface area contributed by atoms with E-state index >= 15 is 0 Å². The molecule has 0 aliphatic carbocycles. The molecule has 1 aromatic heterocycles. The van der Waals surface area contributed by atoms with Gasteiger partial charge in [-0.05, 0) is 38.0 Å². The molecule has 1 amide bonds. The van der Waals surface area contributed by atoms with Crippen molar-refractivity contribution in [2.75, 3.05) is 13.1 Å². The van der Waals surface area contributed by atoms with Gasteiger partial charge in [-0.25, -0.2) is 0 Å². The number of nitrogens with zero attached hydrogens (tertiary/aromatic N) is 2. The molecule has 1 aliphatic heterocycles. The highest BCUT2D eigenvalue weighted by Gasteiger charge is 2.26. The number of aromatic amines is 1. The highest BCUT2D eigenvalue weighted by Crippen LogP contribution is 2.23. The van der Waals surface area contributed by atoms with Gasteiger partial charge in [0.2, 0.25) is 0 Å². The Bertz CT molecular complexity index is 450. The first-order valence-corrected chi connectivity index (χ1v) is 7.34. The van der Waals surface area contributed by atoms with Gasteiger partial charge in [0.05, 0.1) is 11.3 Å². The van der Waals surface area contributed by atoms with Gasteiger partial charge in [-0.1, -0.05) is 20.8 Å². The van der Waals surface area contributed by atoms with Gasteiger partial charge in [0, 0.05) is 18.8 Å². The van der Waals surface area contributed by atoms with E-state index in [1.807, 2.05) is 11.8 Å². The molecule has 19 heavy (non-hydrogen) atoms. The van der Waals surface area contributed by atoms with E-state index in [9.17, 15) is 4.79 Å². The van der Waals surface area contributed by atoms with Crippen molar-refractivity contribution in [3.05, 3.63) is 17.0 Å². The molecule has 4 heteroatoms. The van der Waals surface area contributed by atoms with Crippen LogP contribution in [0.3, 0.4) is 0 Å². The third-order valence-corrected chi connectivity index (χ3v) is 4.04. The Hall–Kier alpha value is -1.32. The van der Waals surface area contributed by atoms with E-state index in [-0.39, 0.29) is 11.8 Å². The first kappa shape index (κ1) is 14.1. The maximum absolute atomic E-state index is 12.7. The van der Waals surface area contributed by atoms with Crippen LogP contribution in [0, 0.1) is 12.8 Å². The molecule has 1 atom stereocenters. The average Bonchev–Trinajstić information content (AvgIpc) is 2.61. The van der Waals surface area contributed by atoms with E-state index in [1.54, 1.807) is 0 Å². The highest BCUT2D eigenvalue weighted by atomic mass is 16.2. The normalized spacial score (nSPS) is 20.7. The molecule has 2 rings (SSSR count). The Balaban J connectivity index is 2.21. The third-order valence-electron chi connectivity index (χ3n) is 4.04. The molecule has 0 saturated carbocycles. The zero-order valence-electron chi connectivity index (χ0n) is 12.5. The van der Waals surface area contributed by atoms with Crippen LogP contribution in [-0.2, 0) is 0 Å². The molecule has 1 unspecified atom stereocenters. The third kappa shape index (κ3) is 2.99. The minimum absolute atomic E-state index is 0.157. The van der Waals surface area contributed by atoms with E-state index in [1.165, 1.54) is 6.42 Å². The van der Waals surface area contributed by atoms with Crippen LogP contribution >= 0.6 is 0 Å². The zero-order chi connectivity index (χ0) is 14.0. The summed E-state index contributed by atoms with van der Waals surface area (Å²) in [7, 11) is 0. The second kappa shape index (κ2) is 5.76. The number of hydrogen-bond acceptors (Lipinski definition) is 2. The zero-order valence-corrected chi connectivity index (χ0v) is 12.5. The molecule has 2 heterocycles. The lowest BCUT2D eigenvalue weighted by molar-refractivity contribution is 0.0758. The van der Waals surface area contributed by atoms with Crippen molar-refractivity contribution in [1.29, 1.82) is 0 Å². The van der Waals surface area contributed by atoms with Crippen LogP contribution in [-0.4, -0.2) is 34.1 Å². The molecule has 1 N–H and O–H groups in total. The van der Waals surface area contributed by atoms with Crippen LogP contribution < -0.4 is 0 Å². The lowest BCUT2D eigenvalue weighted by Crippen LogP contribution is -2.33. The van der Waals surface area contributed by atoms with Crippen molar-refractivity contribution in [1.82, 2.24) is 15.1 Å². The summed E-state index contributed by atoms with van der Waals surface area (Å²) >= 11 is 0. The maximum Gasteiger partial charge on any atom is 0.257 e. The Morgan fingerprint density at radius 1 is 1.37 bits per heavy atom. The fourth-order valence-electron chi connectivity index (χ4n) is 2.76. The number of amides is 1. The van der Waals surface area contributed by atoms with Gasteiger partial charge in [0.1, 0.15) is 0 Å². The number of likely N-dealkylation sites (tertiary alicyclic amines) is 1. The smallest absolute Gasteiger partial charge is 0.257 e. The van der Waals surface area contributed by atoms with Crippen LogP contribution in [0.5, 0.6) is 0 Å². The minimum Gasteiger partial charge on any atom is -0.339 e. The summed E-state index contributed by atoms with van der Waals surface area (Å²) in [4.78, 5) is 14.7. The molecule has 106 valence electrons. The second-order valence-electron chi connectivity index (χ2n) is 6.09. The summed E-state index contributed by atoms with van der Waals surface area (Å²) in [5.41, 5.74) is 2.59. The second-order valence-corrected chi connectivity index (χ2v) is 6.09. The van der Waals surface area contributed by atoms with Gasteiger partial charge in [0.15, 0.2) is 0 Å². The van der Waals surface area contributed by atoms with Crippen LogP contribution in [0.4, 0.5) is 0 Å². The Kier molecular flexibility index (Phi) is 4.27. The number of carbonyl (C=O) groups excluding carboxylic acids is 1. The topological polar surface area (TPSA) is 49.0 Å². The number of aromatic nitrogens is 2. The summed E-state index contributed by atoms with van der Waals surface area (Å²) in [6.07, 6.45) is 3.45. The molecule has 1 fully saturated rings. The van der Waals surface area contributed by atoms with Crippen molar-refractivity contribution in [3.63, 3.8) is 0 Å². The largest absolute Gasteiger partial charge is 0.339 e. The summed E-state index contributed by atoms with van der Waals surface area (Å²) in [6.45, 7) is 10.1. The molecular formula is C15H25N3O. The Morgan fingerprint density at radius 2 is 2.11 bits per heavy atom. The molecule has 0 spiro atoms. The molecule has 1 aromatic rings. The first-order valence-electron chi connectivity index (χ1n) is 7.34. The van der Waals surface area contributed by atoms with Gasteiger partial charge in [-0.2, -0.15) is 5.10 Å². The predicted molar refractivity (Wildman–Crippen MR) is 76.3 cm³/mol. The van der Waals surface area contributed by atoms with Crippen LogP contribution in [0.25, 0.3) is 0 Å². The summed E-state index contributed by atoms with van der Waals surface area (Å²) in [6, 6.07) is 0. The van der Waals surface area contributed by atoms with Crippen molar-refractivity contribution in [3.8, 4) is 0 Å². The molecule has 0 radical (unpaired) electrons. The monoisotopic (exact) mass is 263 g/mol. The van der Waals surface area contributed by atoms with E-state index < -0.39 is 0 Å². The van der Waals surface area contributed by atoms with E-state index in [0.29, 0.717) is 0 Å². The molecule has 1 saturated heterocycles. The van der Waals surface area contributed by atoms with Gasteiger partial charge < -0.3 is 4.90 Å². The summed E-state index contributed by atoms with van der Waals surface area (Å²) in [5, 5.41) is 7.26. The summed E-state index contributed by atoms with van der Waals surface area (Å²) in [5.74, 6) is 1.16. The molecule has 0 aromatic carbocycles. The number of carbonyl (C=O) groups is 1. The molecule has 4 nitrogen and oxygen atoms in total. The molecule has 1 aliphatic rings. The van der Waals surface area contributed by atoms with E-state index in [2.05, 4.69) is 31.0 Å². The van der Waals surface area contributed by atoms with Crippen molar-refractivity contribution in [2.24, 2.45) is 5.92 Å². The van der Waals surface area contributed by atoms with Crippen LogP contribution in [0.2, 0.25) is 0 Å². The maximum atomic E-state index is 12.7. The summed E-state index contributed by atoms with van der Waals surface area (Å²) < 4.78 is 0. The Morgan fingerprint density at radius 3 is 2.79 bits per heavy atom. The fraction of sp³-hybridized carbons (Fsp3) is 0.733. The highest BCUT2D eigenvalue weighted by molar-refractivity contribution is 5.96. The van der Waals surface area contributed by atoms with Crippen molar-refractivity contribution in [2.45, 2.75) is 52.9 Å². The van der Waals surface area contributed by atoms with Gasteiger partial charge in [-0.15, -0.1) is 0 Å². The van der Waals surface area contributed by atoms with Gasteiger partial charge >= 0.3 is 0 Å². The average molecular weight is 263 g/mol. The SMILES string of the molecule is Cc1[nH]nc(C(C)C)c1C(=O)N1CCCC(C)CC1. The molecule has 0 bridgehead atoms. The molecular weight excluding hydrogens is 238 g/mol. The van der Waals surface area contributed by atoms with E-state index in [0.717, 1.165) is 48.8 Å². The van der Waals surface area contributed by atoms with E-state index in [4.69, 9.17) is 0 Å². The number of aryl methyl sites for hydroxylation is 1. The number of hydrogen-bond donors (Lipinski definition) is 1. The first-order chi connectivity index (χ1) is 9.00.